The van der Waals surface area contributed by atoms with Crippen LogP contribution >= 0.6 is 0 Å². The molecule has 1 aromatic rings. The summed E-state index contributed by atoms with van der Waals surface area (Å²) >= 11 is 0. The second-order valence-electron chi connectivity index (χ2n) is 3.98. The van der Waals surface area contributed by atoms with E-state index in [4.69, 9.17) is 9.84 Å². The minimum atomic E-state index is -0.429. The number of halogens is 1. The van der Waals surface area contributed by atoms with Crippen LogP contribution in [0.15, 0.2) is 18.2 Å². The standard InChI is InChI=1S/C15H20FNO2/c1-3-17(4-2)9-11-19-14-8-7-13(6-5-10-18)15(16)12-14/h7-8,12,18H,3-4,9-11H2,1-2H3. The highest BCUT2D eigenvalue weighted by Crippen LogP contribution is 2.16. The van der Waals surface area contributed by atoms with Gasteiger partial charge in [0.15, 0.2) is 0 Å². The number of aliphatic hydroxyl groups excluding tert-OH is 1. The highest BCUT2D eigenvalue weighted by Gasteiger charge is 2.03. The summed E-state index contributed by atoms with van der Waals surface area (Å²) < 4.78 is 19.1. The number of hydrogen-bond donors (Lipinski definition) is 1. The van der Waals surface area contributed by atoms with E-state index in [1.54, 1.807) is 12.1 Å². The Morgan fingerprint density at radius 3 is 2.63 bits per heavy atom. The molecule has 19 heavy (non-hydrogen) atoms. The fraction of sp³-hybridized carbons (Fsp3) is 0.467. The molecule has 0 saturated carbocycles. The van der Waals surface area contributed by atoms with Crippen molar-refractivity contribution in [3.8, 4) is 17.6 Å². The first kappa shape index (κ1) is 15.5. The summed E-state index contributed by atoms with van der Waals surface area (Å²) in [6.45, 7) is 7.22. The number of ether oxygens (including phenoxy) is 1. The SMILES string of the molecule is CCN(CC)CCOc1ccc(C#CCO)c(F)c1. The van der Waals surface area contributed by atoms with Crippen molar-refractivity contribution in [2.24, 2.45) is 0 Å². The molecule has 3 nitrogen and oxygen atoms in total. The van der Waals surface area contributed by atoms with Gasteiger partial charge >= 0.3 is 0 Å². The van der Waals surface area contributed by atoms with Gasteiger partial charge in [-0.2, -0.15) is 0 Å². The third kappa shape index (κ3) is 5.29. The molecule has 4 heteroatoms. The van der Waals surface area contributed by atoms with E-state index in [0.717, 1.165) is 19.6 Å². The lowest BCUT2D eigenvalue weighted by Gasteiger charge is -2.18. The molecule has 1 rings (SSSR count). The van der Waals surface area contributed by atoms with Crippen LogP contribution in [0.4, 0.5) is 4.39 Å². The summed E-state index contributed by atoms with van der Waals surface area (Å²) in [5, 5.41) is 8.56. The van der Waals surface area contributed by atoms with Gasteiger partial charge in [0.2, 0.25) is 0 Å². The number of hydrogen-bond acceptors (Lipinski definition) is 3. The van der Waals surface area contributed by atoms with Crippen LogP contribution in [0.3, 0.4) is 0 Å². The quantitative estimate of drug-likeness (QED) is 0.797. The predicted molar refractivity (Wildman–Crippen MR) is 73.6 cm³/mol. The lowest BCUT2D eigenvalue weighted by molar-refractivity contribution is 0.222. The van der Waals surface area contributed by atoms with Crippen molar-refractivity contribution in [3.63, 3.8) is 0 Å². The molecule has 0 fully saturated rings. The molecule has 104 valence electrons. The van der Waals surface area contributed by atoms with E-state index < -0.39 is 5.82 Å². The number of rotatable bonds is 6. The normalized spacial score (nSPS) is 10.2. The third-order valence-electron chi connectivity index (χ3n) is 2.81. The molecular weight excluding hydrogens is 245 g/mol. The minimum Gasteiger partial charge on any atom is -0.492 e. The summed E-state index contributed by atoms with van der Waals surface area (Å²) in [4.78, 5) is 2.23. The highest BCUT2D eigenvalue weighted by atomic mass is 19.1. The van der Waals surface area contributed by atoms with Crippen molar-refractivity contribution in [1.29, 1.82) is 0 Å². The number of benzene rings is 1. The van der Waals surface area contributed by atoms with Crippen LogP contribution in [0.25, 0.3) is 0 Å². The number of aliphatic hydroxyl groups is 1. The molecule has 0 aliphatic heterocycles. The third-order valence-corrected chi connectivity index (χ3v) is 2.81. The molecule has 0 saturated heterocycles. The summed E-state index contributed by atoms with van der Waals surface area (Å²) in [6.07, 6.45) is 0. The number of likely N-dealkylation sites (N-methyl/N-ethyl adjacent to an activating group) is 1. The van der Waals surface area contributed by atoms with Crippen LogP contribution in [0.1, 0.15) is 19.4 Å². The van der Waals surface area contributed by atoms with Gasteiger partial charge in [0, 0.05) is 12.6 Å². The van der Waals surface area contributed by atoms with Crippen molar-refractivity contribution in [2.75, 3.05) is 32.8 Å². The average Bonchev–Trinajstić information content (AvgIpc) is 2.43. The average molecular weight is 265 g/mol. The van der Waals surface area contributed by atoms with Gasteiger partial charge in [-0.25, -0.2) is 4.39 Å². The molecule has 0 aliphatic rings. The number of nitrogens with zero attached hydrogens (tertiary/aromatic N) is 1. The zero-order valence-electron chi connectivity index (χ0n) is 11.4. The van der Waals surface area contributed by atoms with Crippen LogP contribution in [-0.4, -0.2) is 42.9 Å². The molecule has 1 aromatic carbocycles. The lowest BCUT2D eigenvalue weighted by Crippen LogP contribution is -2.27. The molecule has 0 aliphatic carbocycles. The monoisotopic (exact) mass is 265 g/mol. The van der Waals surface area contributed by atoms with Crippen LogP contribution in [0.2, 0.25) is 0 Å². The van der Waals surface area contributed by atoms with Gasteiger partial charge in [-0.15, -0.1) is 0 Å². The Morgan fingerprint density at radius 1 is 1.32 bits per heavy atom. The van der Waals surface area contributed by atoms with Gasteiger partial charge in [-0.3, -0.25) is 0 Å². The summed E-state index contributed by atoms with van der Waals surface area (Å²) in [5.41, 5.74) is 0.269. The molecule has 0 atom stereocenters. The van der Waals surface area contributed by atoms with E-state index in [2.05, 4.69) is 30.6 Å². The first-order chi connectivity index (χ1) is 9.21. The fourth-order valence-corrected chi connectivity index (χ4v) is 1.65. The van der Waals surface area contributed by atoms with Crippen molar-refractivity contribution >= 4 is 0 Å². The van der Waals surface area contributed by atoms with E-state index in [9.17, 15) is 4.39 Å². The van der Waals surface area contributed by atoms with Crippen molar-refractivity contribution < 1.29 is 14.2 Å². The first-order valence-corrected chi connectivity index (χ1v) is 6.45. The van der Waals surface area contributed by atoms with Gasteiger partial charge in [-0.1, -0.05) is 25.7 Å². The predicted octanol–water partition coefficient (Wildman–Crippen LogP) is 1.89. The molecule has 0 heterocycles. The molecule has 0 amide bonds. The van der Waals surface area contributed by atoms with Crippen LogP contribution in [0.5, 0.6) is 5.75 Å². The Labute approximate surface area is 114 Å². The summed E-state index contributed by atoms with van der Waals surface area (Å²) in [7, 11) is 0. The van der Waals surface area contributed by atoms with E-state index in [1.165, 1.54) is 6.07 Å². The molecule has 0 spiro atoms. The second kappa shape index (κ2) is 8.52. The van der Waals surface area contributed by atoms with Gasteiger partial charge in [0.25, 0.3) is 0 Å². The van der Waals surface area contributed by atoms with E-state index in [0.29, 0.717) is 12.4 Å². The summed E-state index contributed by atoms with van der Waals surface area (Å²) in [6, 6.07) is 4.57. The van der Waals surface area contributed by atoms with Crippen molar-refractivity contribution in [2.45, 2.75) is 13.8 Å². The Balaban J connectivity index is 2.54. The summed E-state index contributed by atoms with van der Waals surface area (Å²) in [5.74, 6) is 5.03. The molecular formula is C15H20FNO2. The minimum absolute atomic E-state index is 0.269. The molecule has 0 radical (unpaired) electrons. The Morgan fingerprint density at radius 2 is 2.05 bits per heavy atom. The Hall–Kier alpha value is -1.57. The topological polar surface area (TPSA) is 32.7 Å². The highest BCUT2D eigenvalue weighted by molar-refractivity contribution is 5.39. The van der Waals surface area contributed by atoms with Crippen LogP contribution in [0, 0.1) is 17.7 Å². The van der Waals surface area contributed by atoms with Crippen molar-refractivity contribution in [1.82, 2.24) is 4.90 Å². The van der Waals surface area contributed by atoms with E-state index >= 15 is 0 Å². The van der Waals surface area contributed by atoms with Crippen molar-refractivity contribution in [3.05, 3.63) is 29.6 Å². The molecule has 0 bridgehead atoms. The largest absolute Gasteiger partial charge is 0.492 e. The molecule has 1 N–H and O–H groups in total. The van der Waals surface area contributed by atoms with Gasteiger partial charge < -0.3 is 14.7 Å². The smallest absolute Gasteiger partial charge is 0.142 e. The van der Waals surface area contributed by atoms with E-state index in [1.807, 2.05) is 0 Å². The van der Waals surface area contributed by atoms with Gasteiger partial charge in [0.05, 0.1) is 5.56 Å². The first-order valence-electron chi connectivity index (χ1n) is 6.45. The maximum Gasteiger partial charge on any atom is 0.142 e. The maximum atomic E-state index is 13.6. The molecule has 0 unspecified atom stereocenters. The fourth-order valence-electron chi connectivity index (χ4n) is 1.65. The maximum absolute atomic E-state index is 13.6. The van der Waals surface area contributed by atoms with Gasteiger partial charge in [-0.05, 0) is 25.2 Å². The molecule has 0 aromatic heterocycles. The second-order valence-corrected chi connectivity index (χ2v) is 3.98. The van der Waals surface area contributed by atoms with E-state index in [-0.39, 0.29) is 12.2 Å². The zero-order valence-corrected chi connectivity index (χ0v) is 11.4. The Bertz CT molecular complexity index is 447. The van der Waals surface area contributed by atoms with Gasteiger partial charge in [0.1, 0.15) is 24.8 Å². The zero-order chi connectivity index (χ0) is 14.1. The van der Waals surface area contributed by atoms with Crippen LogP contribution < -0.4 is 4.74 Å². The lowest BCUT2D eigenvalue weighted by atomic mass is 10.2. The Kier molecular flexibility index (Phi) is 6.94. The van der Waals surface area contributed by atoms with Crippen LogP contribution in [-0.2, 0) is 0 Å².